The third-order valence-corrected chi connectivity index (χ3v) is 5.56. The number of hydrogen-bond acceptors (Lipinski definition) is 3. The van der Waals surface area contributed by atoms with Crippen molar-refractivity contribution in [2.45, 2.75) is 6.61 Å². The second-order valence-corrected chi connectivity index (χ2v) is 8.15. The van der Waals surface area contributed by atoms with Gasteiger partial charge in [-0.25, -0.2) is 4.98 Å². The number of fused-ring (bicyclic) bond motifs is 1. The number of hydrogen-bond donors (Lipinski definition) is 2. The Morgan fingerprint density at radius 1 is 0.839 bits per heavy atom. The molecule has 0 atom stereocenters. The summed E-state index contributed by atoms with van der Waals surface area (Å²) in [5.74, 6) is 0.609. The maximum absolute atomic E-state index is 6.17. The summed E-state index contributed by atoms with van der Waals surface area (Å²) in [7, 11) is 0. The number of aromatic amines is 1. The van der Waals surface area contributed by atoms with Gasteiger partial charge in [0.25, 0.3) is 0 Å². The van der Waals surface area contributed by atoms with E-state index in [0.717, 1.165) is 43.4 Å². The molecule has 0 aliphatic heterocycles. The van der Waals surface area contributed by atoms with E-state index in [-0.39, 0.29) is 0 Å². The van der Waals surface area contributed by atoms with Gasteiger partial charge in [-0.1, -0.05) is 64.5 Å². The van der Waals surface area contributed by atoms with Crippen LogP contribution in [0, 0.1) is 0 Å². The summed E-state index contributed by atoms with van der Waals surface area (Å²) in [4.78, 5) is 7.96. The summed E-state index contributed by atoms with van der Waals surface area (Å²) in [5, 5.41) is 4.57. The molecule has 2 heterocycles. The van der Waals surface area contributed by atoms with Crippen LogP contribution in [0.4, 0.5) is 11.4 Å². The molecule has 0 saturated heterocycles. The van der Waals surface area contributed by atoms with Crippen molar-refractivity contribution in [3.63, 3.8) is 0 Å². The van der Waals surface area contributed by atoms with Gasteiger partial charge < -0.3 is 15.0 Å². The van der Waals surface area contributed by atoms with Gasteiger partial charge >= 0.3 is 0 Å². The fourth-order valence-electron chi connectivity index (χ4n) is 3.61. The van der Waals surface area contributed by atoms with Gasteiger partial charge in [0, 0.05) is 32.8 Å². The first-order chi connectivity index (χ1) is 15.3. The summed E-state index contributed by atoms with van der Waals surface area (Å²) < 4.78 is 7.19. The Kier molecular flexibility index (Phi) is 5.42. The quantitative estimate of drug-likeness (QED) is 0.274. The molecule has 0 radical (unpaired) electrons. The van der Waals surface area contributed by atoms with Gasteiger partial charge in [0.05, 0.1) is 11.9 Å². The second-order valence-electron chi connectivity index (χ2n) is 7.23. The number of nitrogens with one attached hydrogen (secondary N) is 2. The lowest BCUT2D eigenvalue weighted by atomic mass is 10.0. The van der Waals surface area contributed by atoms with Crippen molar-refractivity contribution in [3.8, 4) is 17.0 Å². The summed E-state index contributed by atoms with van der Waals surface area (Å²) in [6.07, 6.45) is 3.76. The number of halogens is 1. The van der Waals surface area contributed by atoms with Gasteiger partial charge in [-0.3, -0.25) is 0 Å². The van der Waals surface area contributed by atoms with Crippen molar-refractivity contribution in [2.75, 3.05) is 5.32 Å². The highest BCUT2D eigenvalue weighted by molar-refractivity contribution is 9.10. The molecule has 0 spiro atoms. The zero-order valence-corrected chi connectivity index (χ0v) is 18.3. The maximum atomic E-state index is 6.17. The van der Waals surface area contributed by atoms with Crippen molar-refractivity contribution in [2.24, 2.45) is 0 Å². The Hall–Kier alpha value is -3.57. The first kappa shape index (κ1) is 19.4. The molecule has 0 bridgehead atoms. The number of H-pyrrole nitrogens is 1. The highest BCUT2D eigenvalue weighted by atomic mass is 79.9. The van der Waals surface area contributed by atoms with Gasteiger partial charge in [-0.05, 0) is 47.5 Å². The van der Waals surface area contributed by atoms with E-state index in [1.807, 2.05) is 60.9 Å². The minimum Gasteiger partial charge on any atom is -0.472 e. The van der Waals surface area contributed by atoms with Crippen molar-refractivity contribution in [3.05, 3.63) is 107 Å². The third-order valence-electron chi connectivity index (χ3n) is 5.07. The van der Waals surface area contributed by atoms with Crippen LogP contribution in [0.2, 0.25) is 0 Å². The Labute approximate surface area is 189 Å². The summed E-state index contributed by atoms with van der Waals surface area (Å²) in [6.45, 7) is 0.461. The molecular formula is C26H20BrN3O. The molecule has 5 rings (SSSR count). The average molecular weight is 470 g/mol. The van der Waals surface area contributed by atoms with E-state index in [9.17, 15) is 0 Å². The number of aromatic nitrogens is 2. The Morgan fingerprint density at radius 2 is 1.71 bits per heavy atom. The van der Waals surface area contributed by atoms with Crippen LogP contribution in [0.25, 0.3) is 22.0 Å². The molecule has 0 aliphatic carbocycles. The van der Waals surface area contributed by atoms with Crippen molar-refractivity contribution < 1.29 is 4.74 Å². The fourth-order valence-corrected chi connectivity index (χ4v) is 4.01. The van der Waals surface area contributed by atoms with E-state index in [1.165, 1.54) is 0 Å². The lowest BCUT2D eigenvalue weighted by molar-refractivity contribution is 0.295. The third kappa shape index (κ3) is 4.32. The van der Waals surface area contributed by atoms with Gasteiger partial charge in [0.15, 0.2) is 0 Å². The van der Waals surface area contributed by atoms with Crippen molar-refractivity contribution in [1.29, 1.82) is 0 Å². The largest absolute Gasteiger partial charge is 0.472 e. The lowest BCUT2D eigenvalue weighted by Gasteiger charge is -2.14. The molecule has 0 saturated carbocycles. The normalized spacial score (nSPS) is 10.9. The molecule has 2 aromatic heterocycles. The van der Waals surface area contributed by atoms with Crippen LogP contribution < -0.4 is 10.1 Å². The maximum Gasteiger partial charge on any atom is 0.221 e. The minimum absolute atomic E-state index is 0.461. The Bertz CT molecular complexity index is 1330. The van der Waals surface area contributed by atoms with Gasteiger partial charge in [0.2, 0.25) is 5.88 Å². The van der Waals surface area contributed by atoms with E-state index in [1.54, 1.807) is 0 Å². The van der Waals surface area contributed by atoms with Crippen LogP contribution in [0.1, 0.15) is 5.56 Å². The summed E-state index contributed by atoms with van der Waals surface area (Å²) >= 11 is 3.52. The Morgan fingerprint density at radius 3 is 2.58 bits per heavy atom. The fraction of sp³-hybridized carbons (Fsp3) is 0.0385. The van der Waals surface area contributed by atoms with Crippen LogP contribution in [0.3, 0.4) is 0 Å². The number of ether oxygens (including phenoxy) is 1. The zero-order valence-electron chi connectivity index (χ0n) is 16.7. The molecule has 4 nitrogen and oxygen atoms in total. The molecule has 2 N–H and O–H groups in total. The Balaban J connectivity index is 1.54. The van der Waals surface area contributed by atoms with Crippen LogP contribution in [0.5, 0.6) is 5.88 Å². The van der Waals surface area contributed by atoms with E-state index >= 15 is 0 Å². The average Bonchev–Trinajstić information content (AvgIpc) is 3.28. The monoisotopic (exact) mass is 469 g/mol. The first-order valence-electron chi connectivity index (χ1n) is 10.0. The molecule has 3 aromatic carbocycles. The number of anilines is 2. The number of pyridine rings is 1. The number of nitrogens with zero attached hydrogens (tertiary/aromatic N) is 1. The molecular weight excluding hydrogens is 450 g/mol. The number of benzene rings is 3. The SMILES string of the molecule is Brc1cccc(Nc2cnc(OCc3ccccc3)c(-c3cccc4[nH]ccc34)c2)c1. The van der Waals surface area contributed by atoms with Crippen LogP contribution in [0.15, 0.2) is 102 Å². The van der Waals surface area contributed by atoms with Gasteiger partial charge in [-0.2, -0.15) is 0 Å². The van der Waals surface area contributed by atoms with E-state index in [0.29, 0.717) is 12.5 Å². The molecule has 5 heteroatoms. The topological polar surface area (TPSA) is 49.9 Å². The molecule has 0 fully saturated rings. The second kappa shape index (κ2) is 8.66. The highest BCUT2D eigenvalue weighted by Gasteiger charge is 2.14. The summed E-state index contributed by atoms with van der Waals surface area (Å²) in [6, 6.07) is 28.6. The molecule has 152 valence electrons. The first-order valence-corrected chi connectivity index (χ1v) is 10.8. The summed E-state index contributed by atoms with van der Waals surface area (Å²) in [5.41, 5.74) is 6.09. The van der Waals surface area contributed by atoms with E-state index in [4.69, 9.17) is 4.74 Å². The van der Waals surface area contributed by atoms with Crippen LogP contribution >= 0.6 is 15.9 Å². The molecule has 31 heavy (non-hydrogen) atoms. The minimum atomic E-state index is 0.461. The van der Waals surface area contributed by atoms with Gasteiger partial charge in [-0.15, -0.1) is 0 Å². The molecule has 0 unspecified atom stereocenters. The molecule has 5 aromatic rings. The number of rotatable bonds is 6. The predicted molar refractivity (Wildman–Crippen MR) is 130 cm³/mol. The van der Waals surface area contributed by atoms with E-state index < -0.39 is 0 Å². The lowest BCUT2D eigenvalue weighted by Crippen LogP contribution is -2.01. The van der Waals surface area contributed by atoms with Crippen LogP contribution in [-0.2, 0) is 6.61 Å². The predicted octanol–water partition coefficient (Wildman–Crippen LogP) is 7.32. The molecule has 0 amide bonds. The van der Waals surface area contributed by atoms with Gasteiger partial charge in [0.1, 0.15) is 6.61 Å². The zero-order chi connectivity index (χ0) is 21.0. The van der Waals surface area contributed by atoms with Crippen LogP contribution in [-0.4, -0.2) is 9.97 Å². The van der Waals surface area contributed by atoms with Crippen molar-refractivity contribution >= 4 is 38.2 Å². The van der Waals surface area contributed by atoms with Crippen molar-refractivity contribution in [1.82, 2.24) is 9.97 Å². The standard InChI is InChI=1S/C26H20BrN3O/c27-19-8-4-9-20(14-19)30-21-15-24(22-10-5-11-25-23(22)12-13-28-25)26(29-16-21)31-17-18-6-2-1-3-7-18/h1-16,28,30H,17H2. The smallest absolute Gasteiger partial charge is 0.221 e. The van der Waals surface area contributed by atoms with E-state index in [2.05, 4.69) is 67.6 Å². The highest BCUT2D eigenvalue weighted by Crippen LogP contribution is 2.36. The molecule has 0 aliphatic rings.